The van der Waals surface area contributed by atoms with Gasteiger partial charge in [-0.15, -0.1) is 0 Å². The zero-order valence-electron chi connectivity index (χ0n) is 18.3. The van der Waals surface area contributed by atoms with Gasteiger partial charge in [-0.05, 0) is 61.8 Å². The summed E-state index contributed by atoms with van der Waals surface area (Å²) in [6.07, 6.45) is 6.53. The number of hydrogen-bond donors (Lipinski definition) is 3. The number of carbonyl (C=O) groups excluding carboxylic acids is 1. The summed E-state index contributed by atoms with van der Waals surface area (Å²) in [7, 11) is 0. The molecule has 1 atom stereocenters. The molecule has 2 aromatic rings. The fourth-order valence-corrected chi connectivity index (χ4v) is 4.56. The Kier molecular flexibility index (Phi) is 4.95. The third kappa shape index (κ3) is 3.85. The second-order valence-corrected chi connectivity index (χ2v) is 9.46. The van der Waals surface area contributed by atoms with Gasteiger partial charge in [-0.3, -0.25) is 4.79 Å². The van der Waals surface area contributed by atoms with Crippen LogP contribution >= 0.6 is 0 Å². The number of aromatic nitrogens is 2. The van der Waals surface area contributed by atoms with Crippen LogP contribution in [0.25, 0.3) is 0 Å². The Morgan fingerprint density at radius 2 is 1.76 bits per heavy atom. The second-order valence-electron chi connectivity index (χ2n) is 9.46. The fraction of sp³-hybridized carbons (Fsp3) is 0.458. The summed E-state index contributed by atoms with van der Waals surface area (Å²) in [6.45, 7) is 1.43. The van der Waals surface area contributed by atoms with Gasteiger partial charge in [0.15, 0.2) is 0 Å². The molecule has 0 spiro atoms. The van der Waals surface area contributed by atoms with Crippen LogP contribution in [0.15, 0.2) is 24.4 Å². The van der Waals surface area contributed by atoms with Crippen molar-refractivity contribution < 1.29 is 4.79 Å². The molecule has 3 fully saturated rings. The molecule has 0 unspecified atom stereocenters. The first-order valence-electron chi connectivity index (χ1n) is 11.3. The molecular formula is C24H26N8O. The van der Waals surface area contributed by atoms with Crippen LogP contribution in [-0.2, 0) is 10.8 Å². The predicted molar refractivity (Wildman–Crippen MR) is 123 cm³/mol. The molecule has 0 radical (unpaired) electrons. The van der Waals surface area contributed by atoms with Gasteiger partial charge >= 0.3 is 0 Å². The number of benzene rings is 1. The quantitative estimate of drug-likeness (QED) is 0.615. The lowest BCUT2D eigenvalue weighted by Crippen LogP contribution is -2.43. The van der Waals surface area contributed by atoms with Gasteiger partial charge in [0, 0.05) is 31.0 Å². The number of anilines is 3. The lowest BCUT2D eigenvalue weighted by Gasteiger charge is -2.31. The molecule has 33 heavy (non-hydrogen) atoms. The summed E-state index contributed by atoms with van der Waals surface area (Å²) in [5, 5.41) is 22.7. The van der Waals surface area contributed by atoms with Gasteiger partial charge in [-0.2, -0.15) is 15.5 Å². The van der Waals surface area contributed by atoms with Gasteiger partial charge in [0.1, 0.15) is 11.4 Å². The summed E-state index contributed by atoms with van der Waals surface area (Å²) >= 11 is 0. The van der Waals surface area contributed by atoms with E-state index < -0.39 is 16.7 Å². The summed E-state index contributed by atoms with van der Waals surface area (Å²) in [5.74, 6) is 0.154. The van der Waals surface area contributed by atoms with Crippen LogP contribution in [0.1, 0.15) is 60.0 Å². The van der Waals surface area contributed by atoms with E-state index in [1.54, 1.807) is 0 Å². The van der Waals surface area contributed by atoms with Gasteiger partial charge in [-0.25, -0.2) is 4.98 Å². The number of hydrogen-bond acceptors (Lipinski definition) is 8. The molecule has 3 aliphatic rings. The Morgan fingerprint density at radius 3 is 2.27 bits per heavy atom. The Labute approximate surface area is 192 Å². The molecule has 5 rings (SSSR count). The summed E-state index contributed by atoms with van der Waals surface area (Å²) in [6, 6.07) is 10.7. The second kappa shape index (κ2) is 7.72. The van der Waals surface area contributed by atoms with E-state index >= 15 is 0 Å². The number of nitrogens with zero attached hydrogens (tertiary/aromatic N) is 5. The lowest BCUT2D eigenvalue weighted by atomic mass is 9.89. The molecule has 1 amide bonds. The molecule has 168 valence electrons. The maximum atomic E-state index is 12.1. The van der Waals surface area contributed by atoms with E-state index in [0.29, 0.717) is 24.0 Å². The molecule has 2 aliphatic carbocycles. The third-order valence-electron chi connectivity index (χ3n) is 7.01. The average Bonchev–Trinajstić information content (AvgIpc) is 3.74. The zero-order chi connectivity index (χ0) is 23.2. The highest BCUT2D eigenvalue weighted by Gasteiger charge is 2.49. The van der Waals surface area contributed by atoms with Crippen LogP contribution in [0.5, 0.6) is 0 Å². The molecule has 2 heterocycles. The van der Waals surface area contributed by atoms with Crippen molar-refractivity contribution >= 4 is 23.4 Å². The molecule has 1 aliphatic heterocycles. The minimum Gasteiger partial charge on any atom is -0.365 e. The van der Waals surface area contributed by atoms with Gasteiger partial charge in [-0.1, -0.05) is 6.07 Å². The smallest absolute Gasteiger partial charge is 0.254 e. The fourth-order valence-electron chi connectivity index (χ4n) is 4.56. The molecule has 9 heteroatoms. The number of nitriles is 2. The van der Waals surface area contributed by atoms with E-state index in [-0.39, 0.29) is 11.6 Å². The van der Waals surface area contributed by atoms with Crippen LogP contribution in [0.4, 0.5) is 17.5 Å². The highest BCUT2D eigenvalue weighted by molar-refractivity contribution is 5.98. The third-order valence-corrected chi connectivity index (χ3v) is 7.01. The van der Waals surface area contributed by atoms with Crippen LogP contribution < -0.4 is 21.7 Å². The van der Waals surface area contributed by atoms with E-state index in [0.717, 1.165) is 56.2 Å². The van der Waals surface area contributed by atoms with E-state index in [1.807, 2.05) is 23.1 Å². The Hall–Kier alpha value is -3.69. The minimum atomic E-state index is -0.637. The van der Waals surface area contributed by atoms with E-state index in [9.17, 15) is 15.3 Å². The summed E-state index contributed by atoms with van der Waals surface area (Å²) in [5.41, 5.74) is 13.3. The van der Waals surface area contributed by atoms with Crippen molar-refractivity contribution in [1.29, 1.82) is 10.5 Å². The van der Waals surface area contributed by atoms with Crippen LogP contribution in [0.3, 0.4) is 0 Å². The van der Waals surface area contributed by atoms with Crippen LogP contribution in [0, 0.1) is 22.7 Å². The first-order valence-corrected chi connectivity index (χ1v) is 11.3. The van der Waals surface area contributed by atoms with E-state index in [2.05, 4.69) is 27.4 Å². The van der Waals surface area contributed by atoms with E-state index in [4.69, 9.17) is 11.5 Å². The normalized spacial score (nSPS) is 22.0. The lowest BCUT2D eigenvalue weighted by molar-refractivity contribution is 0.100. The monoisotopic (exact) mass is 442 g/mol. The molecule has 0 bridgehead atoms. The van der Waals surface area contributed by atoms with Crippen molar-refractivity contribution in [2.75, 3.05) is 23.3 Å². The number of amides is 1. The van der Waals surface area contributed by atoms with Crippen LogP contribution in [-0.4, -0.2) is 35.0 Å². The maximum Gasteiger partial charge on any atom is 0.254 e. The molecule has 2 saturated carbocycles. The van der Waals surface area contributed by atoms with Crippen molar-refractivity contribution in [1.82, 2.24) is 9.97 Å². The molecular weight excluding hydrogens is 416 g/mol. The molecule has 5 N–H and O–H groups in total. The first kappa shape index (κ1) is 21.2. The number of rotatable bonds is 6. The zero-order valence-corrected chi connectivity index (χ0v) is 18.3. The average molecular weight is 443 g/mol. The molecule has 9 nitrogen and oxygen atoms in total. The minimum absolute atomic E-state index is 0.0512. The number of nitrogens with one attached hydrogen (secondary N) is 1. The number of primary amides is 1. The Balaban J connectivity index is 1.54. The highest BCUT2D eigenvalue weighted by Crippen LogP contribution is 2.52. The number of nitrogens with two attached hydrogens (primary N) is 2. The summed E-state index contributed by atoms with van der Waals surface area (Å²) < 4.78 is 0. The van der Waals surface area contributed by atoms with Gasteiger partial charge in [0.2, 0.25) is 5.95 Å². The maximum absolute atomic E-state index is 12.1. The van der Waals surface area contributed by atoms with Gasteiger partial charge in [0.05, 0.1) is 23.0 Å². The Bertz CT molecular complexity index is 1150. The van der Waals surface area contributed by atoms with Crippen molar-refractivity contribution in [3.8, 4) is 12.1 Å². The van der Waals surface area contributed by atoms with Gasteiger partial charge in [0.25, 0.3) is 5.91 Å². The molecule has 1 aromatic carbocycles. The van der Waals surface area contributed by atoms with Crippen molar-refractivity contribution in [2.45, 2.75) is 55.4 Å². The van der Waals surface area contributed by atoms with Crippen molar-refractivity contribution in [3.63, 3.8) is 0 Å². The van der Waals surface area contributed by atoms with Gasteiger partial charge < -0.3 is 21.7 Å². The first-order chi connectivity index (χ1) is 15.9. The molecule has 1 aromatic heterocycles. The summed E-state index contributed by atoms with van der Waals surface area (Å²) in [4.78, 5) is 23.1. The van der Waals surface area contributed by atoms with E-state index in [1.165, 1.54) is 6.20 Å². The number of piperidine rings is 1. The van der Waals surface area contributed by atoms with Crippen LogP contribution in [0.2, 0.25) is 0 Å². The highest BCUT2D eigenvalue weighted by atomic mass is 16.1. The largest absolute Gasteiger partial charge is 0.365 e. The molecule has 1 saturated heterocycles. The van der Waals surface area contributed by atoms with Crippen molar-refractivity contribution in [3.05, 3.63) is 41.1 Å². The Morgan fingerprint density at radius 1 is 1.12 bits per heavy atom. The standard InChI is InChI=1S/C24H26N8O/c25-13-23(3-4-23)15-8-16(24(14-26)5-6-24)10-18(9-15)30-21-19(20(28)33)11-29-22(31-21)32-7-1-2-17(27)12-32/h8-11,17H,1-7,12,27H2,(H2,28,33)(H,29,30,31)/t17-/m0/s1. The predicted octanol–water partition coefficient (Wildman–Crippen LogP) is 2.36. The van der Waals surface area contributed by atoms with Crippen molar-refractivity contribution in [2.24, 2.45) is 11.5 Å². The SMILES string of the molecule is N#CC1(c2cc(Nc3nc(N4CCC[C@H](N)C4)ncc3C(N)=O)cc(C3(C#N)CC3)c2)CC1. The number of carbonyl (C=O) groups is 1. The topological polar surface area (TPSA) is 158 Å².